The van der Waals surface area contributed by atoms with Gasteiger partial charge in [-0.3, -0.25) is 0 Å². The first-order valence-electron chi connectivity index (χ1n) is 23.4. The highest BCUT2D eigenvalue weighted by atomic mass is 32.1. The summed E-state index contributed by atoms with van der Waals surface area (Å²) in [5.41, 5.74) is 21.5. The van der Waals surface area contributed by atoms with Gasteiger partial charge in [0.05, 0.1) is 5.00 Å². The molecule has 0 saturated carbocycles. The molecule has 1 aromatic heterocycles. The lowest BCUT2D eigenvalue weighted by Crippen LogP contribution is -2.63. The number of nitrogens with zero attached hydrogens (tertiary/aromatic N) is 2. The molecule has 0 fully saturated rings. The maximum Gasteiger partial charge on any atom is 0.253 e. The average Bonchev–Trinajstić information content (AvgIpc) is 3.57. The summed E-state index contributed by atoms with van der Waals surface area (Å²) in [4.78, 5) is 7.02. The Morgan fingerprint density at radius 3 is 1.61 bits per heavy atom. The van der Waals surface area contributed by atoms with E-state index in [4.69, 9.17) is 0 Å². The Morgan fingerprint density at radius 2 is 1.02 bits per heavy atom. The lowest BCUT2D eigenvalue weighted by Gasteiger charge is -2.47. The van der Waals surface area contributed by atoms with Crippen LogP contribution in [0.25, 0.3) is 0 Å². The third-order valence-electron chi connectivity index (χ3n) is 15.7. The fourth-order valence-corrected chi connectivity index (χ4v) is 13.0. The van der Waals surface area contributed by atoms with Crippen molar-refractivity contribution in [3.8, 4) is 0 Å². The molecule has 5 aromatic rings. The minimum atomic E-state index is -0.0688. The molecule has 0 N–H and O–H groups in total. The zero-order chi connectivity index (χ0) is 44.4. The van der Waals surface area contributed by atoms with Gasteiger partial charge in [0.2, 0.25) is 0 Å². The highest BCUT2D eigenvalue weighted by Gasteiger charge is 2.52. The fourth-order valence-electron chi connectivity index (χ4n) is 11.4. The van der Waals surface area contributed by atoms with Gasteiger partial charge in [-0.25, -0.2) is 0 Å². The second-order valence-corrected chi connectivity index (χ2v) is 26.3. The number of fused-ring (bicyclic) bond motifs is 7. The molecular formula is C57H73BN2S. The standard InChI is InChI=1S/C57H73BN2S/c1-34-29-35(51(2,3)4)19-23-42(34)60-43-24-20-36(52(5,6)7)30-41(43)58-47-44(31-37(32-45(47)60)53(8,9)10)59(38-21-22-39-40(33-38)55(13,14)26-25-54(39,11)12)50-48(58)46-49(61-50)57(17,18)28-27-56(46,15)16/h19-24,29-33H,25-28H2,1-18H3. The second-order valence-electron chi connectivity index (χ2n) is 25.3. The molecule has 0 spiro atoms. The Balaban J connectivity index is 1.45. The number of anilines is 6. The molecule has 61 heavy (non-hydrogen) atoms. The lowest BCUT2D eigenvalue weighted by atomic mass is 9.32. The summed E-state index contributed by atoms with van der Waals surface area (Å²) in [7, 11) is 0. The van der Waals surface area contributed by atoms with E-state index in [0.717, 1.165) is 0 Å². The zero-order valence-corrected chi connectivity index (χ0v) is 41.9. The van der Waals surface area contributed by atoms with Crippen LogP contribution in [-0.4, -0.2) is 6.71 Å². The largest absolute Gasteiger partial charge is 0.311 e. The van der Waals surface area contributed by atoms with Crippen LogP contribution in [-0.2, 0) is 37.9 Å². The molecule has 2 nitrogen and oxygen atoms in total. The van der Waals surface area contributed by atoms with Crippen molar-refractivity contribution < 1.29 is 0 Å². The minimum Gasteiger partial charge on any atom is -0.311 e. The van der Waals surface area contributed by atoms with Gasteiger partial charge in [-0.1, -0.05) is 148 Å². The number of hydrogen-bond acceptors (Lipinski definition) is 3. The Hall–Kier alpha value is -3.76. The minimum absolute atomic E-state index is 0.00586. The maximum atomic E-state index is 2.76. The van der Waals surface area contributed by atoms with Gasteiger partial charge < -0.3 is 9.80 Å². The topological polar surface area (TPSA) is 6.48 Å². The van der Waals surface area contributed by atoms with Crippen LogP contribution < -0.4 is 26.2 Å². The van der Waals surface area contributed by atoms with E-state index in [1.807, 2.05) is 0 Å². The van der Waals surface area contributed by atoms with Crippen LogP contribution >= 0.6 is 11.3 Å². The quantitative estimate of drug-likeness (QED) is 0.160. The number of benzene rings is 4. The van der Waals surface area contributed by atoms with Crippen LogP contribution in [0.5, 0.6) is 0 Å². The Labute approximate surface area is 374 Å². The second kappa shape index (κ2) is 13.2. The predicted octanol–water partition coefficient (Wildman–Crippen LogP) is 14.7. The van der Waals surface area contributed by atoms with Crippen molar-refractivity contribution in [3.63, 3.8) is 0 Å². The summed E-state index contributed by atoms with van der Waals surface area (Å²) in [5, 5.41) is 1.43. The summed E-state index contributed by atoms with van der Waals surface area (Å²) >= 11 is 2.11. The molecule has 0 unspecified atom stereocenters. The highest BCUT2D eigenvalue weighted by Crippen LogP contribution is 2.56. The van der Waals surface area contributed by atoms with Crippen LogP contribution in [0.1, 0.15) is 187 Å². The molecule has 9 rings (SSSR count). The molecule has 0 saturated heterocycles. The highest BCUT2D eigenvalue weighted by molar-refractivity contribution is 7.20. The van der Waals surface area contributed by atoms with Gasteiger partial charge in [0.1, 0.15) is 0 Å². The Morgan fingerprint density at radius 1 is 0.492 bits per heavy atom. The van der Waals surface area contributed by atoms with E-state index in [0.29, 0.717) is 0 Å². The van der Waals surface area contributed by atoms with Gasteiger partial charge in [-0.05, 0) is 162 Å². The van der Waals surface area contributed by atoms with Crippen molar-refractivity contribution in [1.82, 2.24) is 0 Å². The summed E-state index contributed by atoms with van der Waals surface area (Å²) in [6.07, 6.45) is 4.80. The van der Waals surface area contributed by atoms with E-state index in [-0.39, 0.29) is 44.6 Å². The van der Waals surface area contributed by atoms with Crippen molar-refractivity contribution in [3.05, 3.63) is 111 Å². The Kier molecular flexibility index (Phi) is 9.17. The maximum absolute atomic E-state index is 2.76. The van der Waals surface area contributed by atoms with Gasteiger partial charge in [0.15, 0.2) is 0 Å². The lowest BCUT2D eigenvalue weighted by molar-refractivity contribution is 0.332. The van der Waals surface area contributed by atoms with Crippen molar-refractivity contribution in [2.24, 2.45) is 0 Å². The molecule has 4 aliphatic rings. The predicted molar refractivity (Wildman–Crippen MR) is 270 cm³/mol. The van der Waals surface area contributed by atoms with Crippen LogP contribution in [0.15, 0.2) is 66.7 Å². The summed E-state index contributed by atoms with van der Waals surface area (Å²) in [5.74, 6) is 0. The number of hydrogen-bond donors (Lipinski definition) is 0. The zero-order valence-electron chi connectivity index (χ0n) is 41.1. The van der Waals surface area contributed by atoms with Crippen LogP contribution in [0.2, 0.25) is 0 Å². The first-order chi connectivity index (χ1) is 28.0. The molecule has 0 bridgehead atoms. The fraction of sp³-hybridized carbons (Fsp3) is 0.509. The normalized spacial score (nSPS) is 19.5. The summed E-state index contributed by atoms with van der Waals surface area (Å²) in [6, 6.07) is 27.6. The summed E-state index contributed by atoms with van der Waals surface area (Å²) < 4.78 is 0. The molecule has 4 aromatic carbocycles. The van der Waals surface area contributed by atoms with E-state index in [2.05, 4.69) is 212 Å². The van der Waals surface area contributed by atoms with E-state index in [1.54, 1.807) is 15.9 Å². The molecule has 0 atom stereocenters. The van der Waals surface area contributed by atoms with Crippen LogP contribution in [0.3, 0.4) is 0 Å². The third kappa shape index (κ3) is 6.53. The molecular weight excluding hydrogens is 756 g/mol. The van der Waals surface area contributed by atoms with Gasteiger partial charge in [0.25, 0.3) is 6.71 Å². The number of rotatable bonds is 2. The molecule has 320 valence electrons. The van der Waals surface area contributed by atoms with Gasteiger partial charge in [0, 0.05) is 33.3 Å². The van der Waals surface area contributed by atoms with Gasteiger partial charge in [-0.2, -0.15) is 0 Å². The van der Waals surface area contributed by atoms with Crippen LogP contribution in [0.4, 0.5) is 33.4 Å². The van der Waals surface area contributed by atoms with E-state index < -0.39 is 0 Å². The van der Waals surface area contributed by atoms with Crippen molar-refractivity contribution in [1.29, 1.82) is 0 Å². The first kappa shape index (κ1) is 42.5. The van der Waals surface area contributed by atoms with Gasteiger partial charge in [-0.15, -0.1) is 11.3 Å². The molecule has 2 aliphatic heterocycles. The molecule has 3 heterocycles. The SMILES string of the molecule is Cc1cc(C(C)(C)C)ccc1N1c2ccc(C(C)(C)C)cc2B2c3c1cc(C(C)(C)C)cc3N(c1ccc3c(c1)C(C)(C)CCC3(C)C)c1sc3c(c12)C(C)(C)CCC3(C)C. The molecule has 0 amide bonds. The molecule has 2 aliphatic carbocycles. The van der Waals surface area contributed by atoms with Crippen molar-refractivity contribution >= 4 is 67.9 Å². The van der Waals surface area contributed by atoms with E-state index in [1.165, 1.54) is 103 Å². The van der Waals surface area contributed by atoms with Crippen LogP contribution in [0, 0.1) is 6.92 Å². The summed E-state index contributed by atoms with van der Waals surface area (Å²) in [6.45, 7) is 43.8. The van der Waals surface area contributed by atoms with Gasteiger partial charge >= 0.3 is 0 Å². The molecule has 4 heteroatoms. The monoisotopic (exact) mass is 829 g/mol. The first-order valence-corrected chi connectivity index (χ1v) is 24.2. The number of thiophene rings is 1. The Bertz CT molecular complexity index is 2630. The average molecular weight is 829 g/mol. The van der Waals surface area contributed by atoms with E-state index in [9.17, 15) is 0 Å². The van der Waals surface area contributed by atoms with Crippen molar-refractivity contribution in [2.45, 2.75) is 188 Å². The third-order valence-corrected chi connectivity index (χ3v) is 17.3. The molecule has 0 radical (unpaired) electrons. The van der Waals surface area contributed by atoms with E-state index >= 15 is 0 Å². The number of aryl methyl sites for hydroxylation is 1. The smallest absolute Gasteiger partial charge is 0.253 e. The van der Waals surface area contributed by atoms with Crippen molar-refractivity contribution in [2.75, 3.05) is 9.80 Å².